The Morgan fingerprint density at radius 1 is 1.14 bits per heavy atom. The van der Waals surface area contributed by atoms with Crippen LogP contribution in [0.2, 0.25) is 0 Å². The number of likely N-dealkylation sites (tertiary alicyclic amines) is 1. The van der Waals surface area contributed by atoms with Gasteiger partial charge in [-0.2, -0.15) is 0 Å². The van der Waals surface area contributed by atoms with Crippen molar-refractivity contribution in [2.75, 3.05) is 19.6 Å². The van der Waals surface area contributed by atoms with E-state index >= 15 is 0 Å². The highest BCUT2D eigenvalue weighted by molar-refractivity contribution is 7.09. The predicted molar refractivity (Wildman–Crippen MR) is 134 cm³/mol. The number of carbonyl (C=O) groups excluding carboxylic acids is 3. The summed E-state index contributed by atoms with van der Waals surface area (Å²) in [6.45, 7) is 3.52. The first kappa shape index (κ1) is 23.4. The molecule has 4 heterocycles. The summed E-state index contributed by atoms with van der Waals surface area (Å²) in [5.41, 5.74) is 1.15. The van der Waals surface area contributed by atoms with E-state index in [1.165, 1.54) is 4.90 Å². The number of urea groups is 1. The van der Waals surface area contributed by atoms with Crippen LogP contribution in [0.15, 0.2) is 48.1 Å². The molecule has 3 aromatic rings. The van der Waals surface area contributed by atoms with Crippen LogP contribution in [-0.2, 0) is 11.2 Å². The van der Waals surface area contributed by atoms with Gasteiger partial charge in [0, 0.05) is 42.5 Å². The van der Waals surface area contributed by atoms with E-state index in [9.17, 15) is 14.4 Å². The molecule has 0 bridgehead atoms. The number of carbonyl (C=O) groups is 3. The van der Waals surface area contributed by atoms with Crippen LogP contribution < -0.4 is 5.32 Å². The molecule has 5 rings (SSSR count). The second kappa shape index (κ2) is 9.73. The van der Waals surface area contributed by atoms with Crippen LogP contribution in [0.4, 0.5) is 4.79 Å². The van der Waals surface area contributed by atoms with Gasteiger partial charge in [0.15, 0.2) is 0 Å². The molecule has 9 heteroatoms. The van der Waals surface area contributed by atoms with Crippen molar-refractivity contribution in [2.24, 2.45) is 5.92 Å². The minimum Gasteiger partial charge on any atom is -0.339 e. The Bertz CT molecular complexity index is 1240. The van der Waals surface area contributed by atoms with Crippen molar-refractivity contribution in [1.82, 2.24) is 25.1 Å². The van der Waals surface area contributed by atoms with Gasteiger partial charge in [-0.15, -0.1) is 11.3 Å². The Morgan fingerprint density at radius 3 is 2.63 bits per heavy atom. The van der Waals surface area contributed by atoms with E-state index in [0.29, 0.717) is 56.4 Å². The zero-order valence-electron chi connectivity index (χ0n) is 19.8. The number of benzene rings is 1. The summed E-state index contributed by atoms with van der Waals surface area (Å²) >= 11 is 1.63. The first-order chi connectivity index (χ1) is 17.0. The number of fused-ring (bicyclic) bond motifs is 1. The van der Waals surface area contributed by atoms with E-state index in [-0.39, 0.29) is 23.8 Å². The molecule has 2 aliphatic rings. The highest BCUT2D eigenvalue weighted by Crippen LogP contribution is 2.37. The minimum absolute atomic E-state index is 0.00263. The second-order valence-electron chi connectivity index (χ2n) is 9.26. The van der Waals surface area contributed by atoms with Gasteiger partial charge in [-0.05, 0) is 61.2 Å². The lowest BCUT2D eigenvalue weighted by Crippen LogP contribution is -2.56. The van der Waals surface area contributed by atoms with Crippen LogP contribution in [0.25, 0.3) is 11.0 Å². The fourth-order valence-corrected chi connectivity index (χ4v) is 6.12. The maximum absolute atomic E-state index is 13.6. The van der Waals surface area contributed by atoms with E-state index in [0.717, 1.165) is 16.8 Å². The number of nitrogens with zero attached hydrogens (tertiary/aromatic N) is 4. The summed E-state index contributed by atoms with van der Waals surface area (Å²) in [6, 6.07) is 9.09. The van der Waals surface area contributed by atoms with Gasteiger partial charge in [-0.3, -0.25) is 24.5 Å². The van der Waals surface area contributed by atoms with E-state index in [1.54, 1.807) is 35.9 Å². The Balaban J connectivity index is 1.27. The Kier molecular flexibility index (Phi) is 6.51. The molecule has 0 spiro atoms. The Hall–Kier alpha value is -3.33. The fourth-order valence-electron chi connectivity index (χ4n) is 5.42. The van der Waals surface area contributed by atoms with Gasteiger partial charge < -0.3 is 10.2 Å². The Labute approximate surface area is 208 Å². The van der Waals surface area contributed by atoms with E-state index in [1.807, 2.05) is 35.4 Å². The first-order valence-corrected chi connectivity index (χ1v) is 13.1. The largest absolute Gasteiger partial charge is 0.339 e. The molecule has 1 unspecified atom stereocenters. The number of hydrogen-bond acceptors (Lipinski definition) is 6. The molecule has 8 nitrogen and oxygen atoms in total. The monoisotopic (exact) mass is 491 g/mol. The molecule has 0 radical (unpaired) electrons. The van der Waals surface area contributed by atoms with E-state index in [4.69, 9.17) is 0 Å². The Morgan fingerprint density at radius 2 is 1.91 bits per heavy atom. The number of rotatable bonds is 7. The van der Waals surface area contributed by atoms with Crippen molar-refractivity contribution in [3.8, 4) is 0 Å². The van der Waals surface area contributed by atoms with Crippen LogP contribution in [0.1, 0.15) is 47.8 Å². The zero-order valence-corrected chi connectivity index (χ0v) is 20.6. The molecule has 35 heavy (non-hydrogen) atoms. The zero-order chi connectivity index (χ0) is 24.4. The maximum Gasteiger partial charge on any atom is 0.325 e. The van der Waals surface area contributed by atoms with Crippen LogP contribution in [-0.4, -0.2) is 62.8 Å². The van der Waals surface area contributed by atoms with Gasteiger partial charge >= 0.3 is 6.03 Å². The van der Waals surface area contributed by atoms with Crippen molar-refractivity contribution in [3.63, 3.8) is 0 Å². The average Bonchev–Trinajstić information content (AvgIpc) is 3.49. The molecule has 182 valence electrons. The minimum atomic E-state index is -0.880. The summed E-state index contributed by atoms with van der Waals surface area (Å²) < 4.78 is 0. The highest BCUT2D eigenvalue weighted by atomic mass is 32.1. The van der Waals surface area contributed by atoms with Crippen molar-refractivity contribution in [1.29, 1.82) is 0 Å². The average molecular weight is 492 g/mol. The third-order valence-corrected chi connectivity index (χ3v) is 8.14. The quantitative estimate of drug-likeness (QED) is 0.506. The normalized spacial score (nSPS) is 21.1. The van der Waals surface area contributed by atoms with Crippen molar-refractivity contribution in [2.45, 2.75) is 44.6 Å². The van der Waals surface area contributed by atoms with Crippen molar-refractivity contribution >= 4 is 40.2 Å². The SMILES string of the molecule is CCCC1(C2CCN(C(=O)c3ccc4nccnc4c3)CC2)NC(=O)N(CCc2cccs2)C1=O. The molecular weight excluding hydrogens is 462 g/mol. The third-order valence-electron chi connectivity index (χ3n) is 7.20. The summed E-state index contributed by atoms with van der Waals surface area (Å²) in [5, 5.41) is 5.09. The van der Waals surface area contributed by atoms with Crippen molar-refractivity contribution < 1.29 is 14.4 Å². The molecule has 1 aromatic carbocycles. The number of imide groups is 1. The molecule has 2 aliphatic heterocycles. The molecule has 4 amide bonds. The molecule has 2 saturated heterocycles. The van der Waals surface area contributed by atoms with Gasteiger partial charge in [-0.25, -0.2) is 4.79 Å². The van der Waals surface area contributed by atoms with Gasteiger partial charge in [0.2, 0.25) is 0 Å². The number of aromatic nitrogens is 2. The lowest BCUT2D eigenvalue weighted by atomic mass is 9.74. The van der Waals surface area contributed by atoms with Gasteiger partial charge in [0.25, 0.3) is 11.8 Å². The van der Waals surface area contributed by atoms with Gasteiger partial charge in [0.05, 0.1) is 11.0 Å². The predicted octanol–water partition coefficient (Wildman–Crippen LogP) is 3.88. The summed E-state index contributed by atoms with van der Waals surface area (Å²) in [4.78, 5) is 52.6. The lowest BCUT2D eigenvalue weighted by Gasteiger charge is -2.41. The van der Waals surface area contributed by atoms with Crippen molar-refractivity contribution in [3.05, 3.63) is 58.5 Å². The molecule has 1 atom stereocenters. The summed E-state index contributed by atoms with van der Waals surface area (Å²) in [6.07, 6.45) is 6.66. The topological polar surface area (TPSA) is 95.5 Å². The number of piperidine rings is 1. The number of hydrogen-bond donors (Lipinski definition) is 1. The second-order valence-corrected chi connectivity index (χ2v) is 10.3. The first-order valence-electron chi connectivity index (χ1n) is 12.2. The van der Waals surface area contributed by atoms with Gasteiger partial charge in [0.1, 0.15) is 5.54 Å². The van der Waals surface area contributed by atoms with Crippen LogP contribution in [0.5, 0.6) is 0 Å². The van der Waals surface area contributed by atoms with Gasteiger partial charge in [-0.1, -0.05) is 19.4 Å². The smallest absolute Gasteiger partial charge is 0.325 e. The number of thiophene rings is 1. The molecule has 0 aliphatic carbocycles. The number of nitrogens with one attached hydrogen (secondary N) is 1. The molecule has 0 saturated carbocycles. The lowest BCUT2D eigenvalue weighted by molar-refractivity contribution is -0.134. The van der Waals surface area contributed by atoms with Crippen LogP contribution in [0.3, 0.4) is 0 Å². The fraction of sp³-hybridized carbons (Fsp3) is 0.423. The van der Waals surface area contributed by atoms with Crippen LogP contribution >= 0.6 is 11.3 Å². The highest BCUT2D eigenvalue weighted by Gasteiger charge is 2.55. The third kappa shape index (κ3) is 4.40. The molecule has 2 aromatic heterocycles. The standard InChI is InChI=1S/C26H29N5O3S/c1-2-10-26(24(33)31(25(34)29-26)15-9-20-4-3-16-35-20)19-7-13-30(14-8-19)23(32)18-5-6-21-22(17-18)28-12-11-27-21/h3-6,11-12,16-17,19H,2,7-10,13-15H2,1H3,(H,29,34). The maximum atomic E-state index is 13.6. The molecular formula is C26H29N5O3S. The number of amides is 4. The molecule has 2 fully saturated rings. The van der Waals surface area contributed by atoms with E-state index < -0.39 is 5.54 Å². The van der Waals surface area contributed by atoms with E-state index in [2.05, 4.69) is 15.3 Å². The van der Waals surface area contributed by atoms with Crippen LogP contribution in [0, 0.1) is 5.92 Å². The molecule has 1 N–H and O–H groups in total. The summed E-state index contributed by atoms with van der Waals surface area (Å²) in [7, 11) is 0. The summed E-state index contributed by atoms with van der Waals surface area (Å²) in [5.74, 6) is -0.157.